The Labute approximate surface area is 134 Å². The van der Waals surface area contributed by atoms with Gasteiger partial charge in [-0.1, -0.05) is 18.2 Å². The highest BCUT2D eigenvalue weighted by Gasteiger charge is 2.22. The van der Waals surface area contributed by atoms with Crippen molar-refractivity contribution < 1.29 is 17.9 Å². The summed E-state index contributed by atoms with van der Waals surface area (Å²) in [5, 5.41) is 7.81. The first-order chi connectivity index (χ1) is 10.9. The second kappa shape index (κ2) is 6.02. The van der Waals surface area contributed by atoms with E-state index in [0.717, 1.165) is 17.7 Å². The molecule has 0 saturated carbocycles. The van der Waals surface area contributed by atoms with Crippen LogP contribution in [0.1, 0.15) is 15.9 Å². The van der Waals surface area contributed by atoms with Crippen LogP contribution in [-0.2, 0) is 16.4 Å². The number of hydrogen-bond donors (Lipinski definition) is 2. The van der Waals surface area contributed by atoms with Gasteiger partial charge < -0.3 is 10.1 Å². The van der Waals surface area contributed by atoms with Crippen molar-refractivity contribution in [3.63, 3.8) is 0 Å². The summed E-state index contributed by atoms with van der Waals surface area (Å²) in [5.41, 5.74) is 1.50. The van der Waals surface area contributed by atoms with E-state index in [1.807, 2.05) is 24.3 Å². The number of ether oxygens (including phenoxy) is 1. The smallest absolute Gasteiger partial charge is 0.251 e. The Hall–Kier alpha value is -2.38. The molecule has 0 aliphatic carbocycles. The Morgan fingerprint density at radius 3 is 2.52 bits per heavy atom. The predicted molar refractivity (Wildman–Crippen MR) is 84.7 cm³/mol. The van der Waals surface area contributed by atoms with Crippen LogP contribution in [0, 0.1) is 0 Å². The third-order valence-corrected chi connectivity index (χ3v) is 4.58. The van der Waals surface area contributed by atoms with Crippen LogP contribution in [-0.4, -0.2) is 27.0 Å². The van der Waals surface area contributed by atoms with Crippen LogP contribution < -0.4 is 15.2 Å². The minimum atomic E-state index is -3.75. The van der Waals surface area contributed by atoms with Crippen molar-refractivity contribution in [2.24, 2.45) is 5.14 Å². The van der Waals surface area contributed by atoms with E-state index < -0.39 is 10.0 Å². The van der Waals surface area contributed by atoms with E-state index in [-0.39, 0.29) is 16.9 Å². The van der Waals surface area contributed by atoms with Gasteiger partial charge in [-0.25, -0.2) is 13.6 Å². The van der Waals surface area contributed by atoms with Crippen molar-refractivity contribution in [3.05, 3.63) is 59.7 Å². The molecule has 0 bridgehead atoms. The molecule has 1 aliphatic rings. The summed E-state index contributed by atoms with van der Waals surface area (Å²) in [6, 6.07) is 13.3. The van der Waals surface area contributed by atoms with Crippen LogP contribution in [0.3, 0.4) is 0 Å². The summed E-state index contributed by atoms with van der Waals surface area (Å²) in [4.78, 5) is 12.1. The number of primary sulfonamides is 1. The number of sulfonamides is 1. The lowest BCUT2D eigenvalue weighted by Gasteiger charge is -2.12. The van der Waals surface area contributed by atoms with Gasteiger partial charge in [0.2, 0.25) is 10.0 Å². The summed E-state index contributed by atoms with van der Waals surface area (Å²) in [6.07, 6.45) is 0.654. The number of hydrogen-bond acceptors (Lipinski definition) is 4. The SMILES string of the molecule is NS(=O)(=O)c1ccc(C(=O)NC[C@@H]2Cc3ccccc3O2)cc1. The van der Waals surface area contributed by atoms with Crippen LogP contribution in [0.25, 0.3) is 0 Å². The van der Waals surface area contributed by atoms with Gasteiger partial charge in [0, 0.05) is 12.0 Å². The number of carbonyl (C=O) groups is 1. The average Bonchev–Trinajstić information content (AvgIpc) is 2.95. The molecule has 120 valence electrons. The summed E-state index contributed by atoms with van der Waals surface area (Å²) < 4.78 is 28.1. The molecule has 2 aromatic rings. The van der Waals surface area contributed by atoms with E-state index in [0.29, 0.717) is 12.1 Å². The maximum absolute atomic E-state index is 12.1. The van der Waals surface area contributed by atoms with Gasteiger partial charge in [-0.15, -0.1) is 0 Å². The summed E-state index contributed by atoms with van der Waals surface area (Å²) in [6.45, 7) is 0.379. The van der Waals surface area contributed by atoms with Crippen molar-refractivity contribution in [2.45, 2.75) is 17.4 Å². The molecule has 0 unspecified atom stereocenters. The van der Waals surface area contributed by atoms with Gasteiger partial charge in [0.1, 0.15) is 11.9 Å². The van der Waals surface area contributed by atoms with E-state index in [2.05, 4.69) is 5.32 Å². The molecule has 0 radical (unpaired) electrons. The molecule has 0 aromatic heterocycles. The highest BCUT2D eigenvalue weighted by Crippen LogP contribution is 2.27. The van der Waals surface area contributed by atoms with Crippen molar-refractivity contribution in [1.82, 2.24) is 5.32 Å². The second-order valence-electron chi connectivity index (χ2n) is 5.33. The maximum atomic E-state index is 12.1. The number of para-hydroxylation sites is 1. The van der Waals surface area contributed by atoms with E-state index >= 15 is 0 Å². The molecule has 7 heteroatoms. The van der Waals surface area contributed by atoms with E-state index in [4.69, 9.17) is 9.88 Å². The third-order valence-electron chi connectivity index (χ3n) is 3.65. The topological polar surface area (TPSA) is 98.5 Å². The number of carbonyl (C=O) groups excluding carboxylic acids is 1. The zero-order valence-electron chi connectivity index (χ0n) is 12.2. The summed E-state index contributed by atoms with van der Waals surface area (Å²) in [7, 11) is -3.75. The van der Waals surface area contributed by atoms with Gasteiger partial charge in [-0.05, 0) is 35.9 Å². The van der Waals surface area contributed by atoms with Gasteiger partial charge in [0.25, 0.3) is 5.91 Å². The zero-order chi connectivity index (χ0) is 16.4. The number of rotatable bonds is 4. The Balaban J connectivity index is 1.58. The normalized spacial score (nSPS) is 16.5. The Kier molecular flexibility index (Phi) is 4.06. The minimum absolute atomic E-state index is 0.0244. The predicted octanol–water partition coefficient (Wildman–Crippen LogP) is 1.07. The number of fused-ring (bicyclic) bond motifs is 1. The molecule has 1 aliphatic heterocycles. The van der Waals surface area contributed by atoms with Crippen LogP contribution >= 0.6 is 0 Å². The van der Waals surface area contributed by atoms with E-state index in [9.17, 15) is 13.2 Å². The minimum Gasteiger partial charge on any atom is -0.488 e. The van der Waals surface area contributed by atoms with E-state index in [1.54, 1.807) is 0 Å². The molecule has 2 aromatic carbocycles. The molecule has 1 amide bonds. The van der Waals surface area contributed by atoms with Gasteiger partial charge in [-0.3, -0.25) is 4.79 Å². The lowest BCUT2D eigenvalue weighted by Crippen LogP contribution is -2.34. The van der Waals surface area contributed by atoms with Crippen molar-refractivity contribution in [1.29, 1.82) is 0 Å². The molecular weight excluding hydrogens is 316 g/mol. The van der Waals surface area contributed by atoms with Gasteiger partial charge >= 0.3 is 0 Å². The van der Waals surface area contributed by atoms with Crippen molar-refractivity contribution in [2.75, 3.05) is 6.54 Å². The van der Waals surface area contributed by atoms with Crippen molar-refractivity contribution >= 4 is 15.9 Å². The lowest BCUT2D eigenvalue weighted by atomic mass is 10.1. The molecule has 6 nitrogen and oxygen atoms in total. The molecule has 3 N–H and O–H groups in total. The average molecular weight is 332 g/mol. The van der Waals surface area contributed by atoms with Crippen LogP contribution in [0.4, 0.5) is 0 Å². The molecule has 3 rings (SSSR count). The standard InChI is InChI=1S/C16H16N2O4S/c17-23(20,21)14-7-5-11(6-8-14)16(19)18-10-13-9-12-3-1-2-4-15(12)22-13/h1-8,13H,9-10H2,(H,18,19)(H2,17,20,21)/t13-/m0/s1. The Morgan fingerprint density at radius 1 is 1.17 bits per heavy atom. The molecule has 1 heterocycles. The van der Waals surface area contributed by atoms with Gasteiger partial charge in [0.05, 0.1) is 11.4 Å². The maximum Gasteiger partial charge on any atom is 0.251 e. The highest BCUT2D eigenvalue weighted by molar-refractivity contribution is 7.89. The first-order valence-corrected chi connectivity index (χ1v) is 8.64. The van der Waals surface area contributed by atoms with E-state index in [1.165, 1.54) is 24.3 Å². The van der Waals surface area contributed by atoms with Gasteiger partial charge in [0.15, 0.2) is 0 Å². The largest absolute Gasteiger partial charge is 0.488 e. The number of amides is 1. The molecule has 23 heavy (non-hydrogen) atoms. The second-order valence-corrected chi connectivity index (χ2v) is 6.89. The summed E-state index contributed by atoms with van der Waals surface area (Å²) >= 11 is 0. The molecular formula is C16H16N2O4S. The number of benzene rings is 2. The Bertz CT molecular complexity index is 806. The van der Waals surface area contributed by atoms with Crippen LogP contribution in [0.5, 0.6) is 5.75 Å². The quantitative estimate of drug-likeness (QED) is 0.875. The van der Waals surface area contributed by atoms with Crippen molar-refractivity contribution in [3.8, 4) is 5.75 Å². The monoisotopic (exact) mass is 332 g/mol. The first-order valence-electron chi connectivity index (χ1n) is 7.09. The zero-order valence-corrected chi connectivity index (χ0v) is 13.0. The molecule has 0 saturated heterocycles. The highest BCUT2D eigenvalue weighted by atomic mass is 32.2. The Morgan fingerprint density at radius 2 is 1.87 bits per heavy atom. The number of nitrogens with one attached hydrogen (secondary N) is 1. The summed E-state index contributed by atoms with van der Waals surface area (Å²) in [5.74, 6) is 0.565. The van der Waals surface area contributed by atoms with Gasteiger partial charge in [-0.2, -0.15) is 0 Å². The molecule has 0 spiro atoms. The fourth-order valence-electron chi connectivity index (χ4n) is 2.47. The lowest BCUT2D eigenvalue weighted by molar-refractivity contribution is 0.0933. The molecule has 1 atom stereocenters. The molecule has 0 fully saturated rings. The van der Waals surface area contributed by atoms with Crippen LogP contribution in [0.2, 0.25) is 0 Å². The third kappa shape index (κ3) is 3.52. The first kappa shape index (κ1) is 15.5. The fourth-order valence-corrected chi connectivity index (χ4v) is 2.99. The fraction of sp³-hybridized carbons (Fsp3) is 0.188. The van der Waals surface area contributed by atoms with Crippen LogP contribution in [0.15, 0.2) is 53.4 Å². The number of nitrogens with two attached hydrogens (primary N) is 1.